The summed E-state index contributed by atoms with van der Waals surface area (Å²) in [4.78, 5) is 28.3. The molecule has 3 aromatic rings. The predicted molar refractivity (Wildman–Crippen MR) is 92.3 cm³/mol. The maximum Gasteiger partial charge on any atom is 0.260 e. The van der Waals surface area contributed by atoms with Crippen LogP contribution >= 0.6 is 11.3 Å². The number of aromatic nitrogens is 3. The summed E-state index contributed by atoms with van der Waals surface area (Å²) in [5, 5.41) is 11.8. The minimum atomic E-state index is -0.284. The standard InChI is InChI=1S/C16H17N5O3S/c1-10-13(3-4-24-10)15(23)20-16-19-12(9-25-16)5-14(22)17-6-11-7-18-21(2)8-11/h3-4,7-9H,5-6H2,1-2H3,(H,17,22)(H,19,20,23). The van der Waals surface area contributed by atoms with Gasteiger partial charge < -0.3 is 9.73 Å². The van der Waals surface area contributed by atoms with E-state index in [1.54, 1.807) is 29.2 Å². The van der Waals surface area contributed by atoms with Gasteiger partial charge in [0, 0.05) is 30.7 Å². The second-order valence-corrected chi connectivity index (χ2v) is 6.32. The van der Waals surface area contributed by atoms with Crippen LogP contribution < -0.4 is 10.6 Å². The molecular weight excluding hydrogens is 342 g/mol. The first-order valence-corrected chi connectivity index (χ1v) is 8.43. The third kappa shape index (κ3) is 4.32. The van der Waals surface area contributed by atoms with Crippen molar-refractivity contribution in [1.82, 2.24) is 20.1 Å². The van der Waals surface area contributed by atoms with Crippen LogP contribution in [0.5, 0.6) is 0 Å². The Morgan fingerprint density at radius 3 is 2.92 bits per heavy atom. The fourth-order valence-corrected chi connectivity index (χ4v) is 2.93. The average molecular weight is 359 g/mol. The minimum absolute atomic E-state index is 0.141. The van der Waals surface area contributed by atoms with Gasteiger partial charge in [0.1, 0.15) is 5.76 Å². The number of carbonyl (C=O) groups is 2. The summed E-state index contributed by atoms with van der Waals surface area (Å²) >= 11 is 1.27. The fourth-order valence-electron chi connectivity index (χ4n) is 2.22. The van der Waals surface area contributed by atoms with Gasteiger partial charge >= 0.3 is 0 Å². The molecule has 0 atom stereocenters. The monoisotopic (exact) mass is 359 g/mol. The van der Waals surface area contributed by atoms with Crippen molar-refractivity contribution in [3.05, 3.63) is 52.7 Å². The second-order valence-electron chi connectivity index (χ2n) is 5.46. The van der Waals surface area contributed by atoms with Crippen LogP contribution in [0.2, 0.25) is 0 Å². The molecule has 130 valence electrons. The van der Waals surface area contributed by atoms with E-state index in [-0.39, 0.29) is 18.2 Å². The van der Waals surface area contributed by atoms with E-state index in [0.29, 0.717) is 28.7 Å². The number of hydrogen-bond donors (Lipinski definition) is 2. The molecule has 0 unspecified atom stereocenters. The van der Waals surface area contributed by atoms with Gasteiger partial charge in [0.25, 0.3) is 5.91 Å². The van der Waals surface area contributed by atoms with Crippen LogP contribution in [-0.2, 0) is 24.8 Å². The van der Waals surface area contributed by atoms with Crippen LogP contribution in [0, 0.1) is 6.92 Å². The van der Waals surface area contributed by atoms with E-state index in [1.807, 2.05) is 13.2 Å². The van der Waals surface area contributed by atoms with Gasteiger partial charge in [-0.1, -0.05) is 0 Å². The highest BCUT2D eigenvalue weighted by molar-refractivity contribution is 7.14. The number of furan rings is 1. The Labute approximate surface area is 147 Å². The molecule has 3 aromatic heterocycles. The molecule has 3 rings (SSSR count). The third-order valence-electron chi connectivity index (χ3n) is 3.47. The van der Waals surface area contributed by atoms with Gasteiger partial charge in [-0.15, -0.1) is 11.3 Å². The molecule has 0 aliphatic heterocycles. The largest absolute Gasteiger partial charge is 0.469 e. The lowest BCUT2D eigenvalue weighted by Gasteiger charge is -2.02. The molecule has 2 amide bonds. The number of nitrogens with zero attached hydrogens (tertiary/aromatic N) is 3. The molecule has 9 heteroatoms. The first kappa shape index (κ1) is 16.9. The zero-order valence-electron chi connectivity index (χ0n) is 13.8. The summed E-state index contributed by atoms with van der Waals surface area (Å²) in [5.41, 5.74) is 2.00. The summed E-state index contributed by atoms with van der Waals surface area (Å²) in [5.74, 6) is 0.120. The Hall–Kier alpha value is -2.94. The Kier molecular flexibility index (Phi) is 4.94. The molecule has 0 aliphatic rings. The van der Waals surface area contributed by atoms with Crippen molar-refractivity contribution in [2.45, 2.75) is 19.9 Å². The smallest absolute Gasteiger partial charge is 0.260 e. The summed E-state index contributed by atoms with van der Waals surface area (Å²) < 4.78 is 6.79. The molecule has 0 fully saturated rings. The summed E-state index contributed by atoms with van der Waals surface area (Å²) in [6, 6.07) is 1.60. The zero-order valence-corrected chi connectivity index (χ0v) is 14.6. The van der Waals surface area contributed by atoms with Crippen LogP contribution in [0.4, 0.5) is 5.13 Å². The lowest BCUT2D eigenvalue weighted by atomic mass is 10.2. The number of rotatable bonds is 6. The van der Waals surface area contributed by atoms with Crippen LogP contribution in [-0.4, -0.2) is 26.6 Å². The Morgan fingerprint density at radius 1 is 1.40 bits per heavy atom. The van der Waals surface area contributed by atoms with Crippen molar-refractivity contribution in [3.8, 4) is 0 Å². The van der Waals surface area contributed by atoms with Crippen molar-refractivity contribution in [1.29, 1.82) is 0 Å². The Balaban J connectivity index is 1.52. The van der Waals surface area contributed by atoms with E-state index in [0.717, 1.165) is 5.56 Å². The highest BCUT2D eigenvalue weighted by Gasteiger charge is 2.14. The van der Waals surface area contributed by atoms with Crippen LogP contribution in [0.3, 0.4) is 0 Å². The fraction of sp³-hybridized carbons (Fsp3) is 0.250. The minimum Gasteiger partial charge on any atom is -0.469 e. The molecule has 0 spiro atoms. The molecular formula is C16H17N5O3S. The van der Waals surface area contributed by atoms with Gasteiger partial charge in [-0.2, -0.15) is 5.10 Å². The van der Waals surface area contributed by atoms with E-state index in [4.69, 9.17) is 4.42 Å². The number of anilines is 1. The number of amides is 2. The Morgan fingerprint density at radius 2 is 2.24 bits per heavy atom. The van der Waals surface area contributed by atoms with E-state index < -0.39 is 0 Å². The average Bonchev–Trinajstić information content (AvgIpc) is 3.28. The van der Waals surface area contributed by atoms with E-state index >= 15 is 0 Å². The quantitative estimate of drug-likeness (QED) is 0.700. The molecule has 0 radical (unpaired) electrons. The summed E-state index contributed by atoms with van der Waals surface area (Å²) in [6.45, 7) is 2.13. The second kappa shape index (κ2) is 7.31. The zero-order chi connectivity index (χ0) is 17.8. The van der Waals surface area contributed by atoms with Crippen molar-refractivity contribution in [2.24, 2.45) is 7.05 Å². The highest BCUT2D eigenvalue weighted by atomic mass is 32.1. The van der Waals surface area contributed by atoms with E-state index in [2.05, 4.69) is 20.7 Å². The molecule has 0 saturated carbocycles. The van der Waals surface area contributed by atoms with Crippen LogP contribution in [0.25, 0.3) is 0 Å². The Bertz CT molecular complexity index is 895. The SMILES string of the molecule is Cc1occc1C(=O)Nc1nc(CC(=O)NCc2cnn(C)c2)cs1. The molecule has 2 N–H and O–H groups in total. The number of hydrogen-bond acceptors (Lipinski definition) is 6. The maximum atomic E-state index is 12.1. The van der Waals surface area contributed by atoms with Gasteiger partial charge in [-0.3, -0.25) is 19.6 Å². The summed E-state index contributed by atoms with van der Waals surface area (Å²) in [6.07, 6.45) is 5.16. The van der Waals surface area contributed by atoms with Crippen molar-refractivity contribution < 1.29 is 14.0 Å². The van der Waals surface area contributed by atoms with Crippen molar-refractivity contribution in [2.75, 3.05) is 5.32 Å². The number of nitrogens with one attached hydrogen (secondary N) is 2. The van der Waals surface area contributed by atoms with Gasteiger partial charge in [0.05, 0.1) is 30.1 Å². The number of aryl methyl sites for hydroxylation is 2. The van der Waals surface area contributed by atoms with Crippen molar-refractivity contribution in [3.63, 3.8) is 0 Å². The van der Waals surface area contributed by atoms with Crippen molar-refractivity contribution >= 4 is 28.3 Å². The van der Waals surface area contributed by atoms with Gasteiger partial charge in [-0.05, 0) is 13.0 Å². The first-order valence-electron chi connectivity index (χ1n) is 7.55. The predicted octanol–water partition coefficient (Wildman–Crippen LogP) is 1.89. The lowest BCUT2D eigenvalue weighted by molar-refractivity contribution is -0.120. The number of thiazole rings is 1. The highest BCUT2D eigenvalue weighted by Crippen LogP contribution is 2.18. The van der Waals surface area contributed by atoms with Gasteiger partial charge in [0.15, 0.2) is 5.13 Å². The molecule has 0 bridgehead atoms. The first-order chi connectivity index (χ1) is 12.0. The normalized spacial score (nSPS) is 10.6. The van der Waals surface area contributed by atoms with Gasteiger partial charge in [0.2, 0.25) is 5.91 Å². The van der Waals surface area contributed by atoms with Gasteiger partial charge in [-0.25, -0.2) is 4.98 Å². The number of carbonyl (C=O) groups excluding carboxylic acids is 2. The summed E-state index contributed by atoms with van der Waals surface area (Å²) in [7, 11) is 1.82. The molecule has 3 heterocycles. The molecule has 8 nitrogen and oxygen atoms in total. The van der Waals surface area contributed by atoms with Crippen LogP contribution in [0.15, 0.2) is 34.5 Å². The molecule has 0 saturated heterocycles. The maximum absolute atomic E-state index is 12.1. The molecule has 0 aliphatic carbocycles. The van der Waals surface area contributed by atoms with Crippen LogP contribution in [0.1, 0.15) is 27.4 Å². The van der Waals surface area contributed by atoms with E-state index in [1.165, 1.54) is 17.6 Å². The van der Waals surface area contributed by atoms with E-state index in [9.17, 15) is 9.59 Å². The third-order valence-corrected chi connectivity index (χ3v) is 4.27. The molecule has 25 heavy (non-hydrogen) atoms. The molecule has 0 aromatic carbocycles. The topological polar surface area (TPSA) is 102 Å². The lowest BCUT2D eigenvalue weighted by Crippen LogP contribution is -2.24.